The number of hydrogen-bond acceptors (Lipinski definition) is 5. The number of anilines is 2. The second-order valence-electron chi connectivity index (χ2n) is 3.31. The number of aromatic nitrogens is 2. The molecule has 0 aliphatic carbocycles. The molecule has 0 fully saturated rings. The normalized spacial score (nSPS) is 12.4. The van der Waals surface area contributed by atoms with Crippen molar-refractivity contribution in [3.8, 4) is 0 Å². The van der Waals surface area contributed by atoms with Gasteiger partial charge in [0.2, 0.25) is 5.95 Å². The molecule has 1 rings (SSSR count). The van der Waals surface area contributed by atoms with Crippen LogP contribution in [0.25, 0.3) is 0 Å². The van der Waals surface area contributed by atoms with Gasteiger partial charge in [0, 0.05) is 41.1 Å². The first kappa shape index (κ1) is 11.9. The van der Waals surface area contributed by atoms with Crippen LogP contribution in [0.3, 0.4) is 0 Å². The van der Waals surface area contributed by atoms with Crippen LogP contribution < -0.4 is 11.1 Å². The highest BCUT2D eigenvalue weighted by molar-refractivity contribution is 7.84. The second kappa shape index (κ2) is 5.65. The van der Waals surface area contributed by atoms with E-state index in [1.165, 1.54) is 0 Å². The molecule has 0 saturated carbocycles. The Labute approximate surface area is 92.0 Å². The van der Waals surface area contributed by atoms with Crippen LogP contribution in [-0.4, -0.2) is 32.7 Å². The topological polar surface area (TPSA) is 80.9 Å². The van der Waals surface area contributed by atoms with Gasteiger partial charge in [0.15, 0.2) is 0 Å². The van der Waals surface area contributed by atoms with Crippen molar-refractivity contribution in [3.63, 3.8) is 0 Å². The van der Waals surface area contributed by atoms with Crippen molar-refractivity contribution in [1.82, 2.24) is 9.97 Å². The van der Waals surface area contributed by atoms with Crippen LogP contribution in [0.1, 0.15) is 12.1 Å². The van der Waals surface area contributed by atoms with E-state index in [-0.39, 0.29) is 5.95 Å². The van der Waals surface area contributed by atoms with E-state index < -0.39 is 10.8 Å². The molecule has 15 heavy (non-hydrogen) atoms. The van der Waals surface area contributed by atoms with Gasteiger partial charge in [-0.25, -0.2) is 4.98 Å². The Morgan fingerprint density at radius 3 is 2.87 bits per heavy atom. The molecule has 0 radical (unpaired) electrons. The van der Waals surface area contributed by atoms with E-state index in [1.807, 2.05) is 13.0 Å². The van der Waals surface area contributed by atoms with Crippen LogP contribution in [0.5, 0.6) is 0 Å². The number of nitrogens with zero attached hydrogens (tertiary/aromatic N) is 2. The largest absolute Gasteiger partial charge is 0.370 e. The molecule has 5 nitrogen and oxygen atoms in total. The van der Waals surface area contributed by atoms with Crippen molar-refractivity contribution in [1.29, 1.82) is 0 Å². The predicted octanol–water partition coefficient (Wildman–Crippen LogP) is 0.548. The molecular weight excluding hydrogens is 212 g/mol. The smallest absolute Gasteiger partial charge is 0.222 e. The van der Waals surface area contributed by atoms with Crippen LogP contribution in [0.4, 0.5) is 11.8 Å². The van der Waals surface area contributed by atoms with Gasteiger partial charge in [-0.1, -0.05) is 0 Å². The van der Waals surface area contributed by atoms with Gasteiger partial charge in [-0.3, -0.25) is 4.21 Å². The molecule has 0 saturated heterocycles. The maximum Gasteiger partial charge on any atom is 0.222 e. The Hall–Kier alpha value is -1.17. The summed E-state index contributed by atoms with van der Waals surface area (Å²) in [6.45, 7) is 2.61. The molecule has 1 heterocycles. The van der Waals surface area contributed by atoms with Crippen molar-refractivity contribution in [3.05, 3.63) is 11.8 Å². The minimum Gasteiger partial charge on any atom is -0.370 e. The van der Waals surface area contributed by atoms with E-state index >= 15 is 0 Å². The molecule has 0 spiro atoms. The molecule has 0 bridgehead atoms. The molecular formula is C9H16N4OS. The van der Waals surface area contributed by atoms with E-state index in [2.05, 4.69) is 15.3 Å². The molecule has 0 aliphatic heterocycles. The summed E-state index contributed by atoms with van der Waals surface area (Å²) in [6.07, 6.45) is 2.55. The molecule has 1 atom stereocenters. The van der Waals surface area contributed by atoms with Gasteiger partial charge in [-0.2, -0.15) is 4.98 Å². The van der Waals surface area contributed by atoms with Crippen molar-refractivity contribution in [2.24, 2.45) is 0 Å². The fourth-order valence-corrected chi connectivity index (χ4v) is 1.72. The summed E-state index contributed by atoms with van der Waals surface area (Å²) in [7, 11) is -0.730. The third kappa shape index (κ3) is 4.73. The van der Waals surface area contributed by atoms with E-state index in [9.17, 15) is 4.21 Å². The van der Waals surface area contributed by atoms with Gasteiger partial charge in [-0.05, 0) is 13.3 Å². The molecule has 6 heteroatoms. The van der Waals surface area contributed by atoms with Crippen molar-refractivity contribution in [2.45, 2.75) is 13.3 Å². The summed E-state index contributed by atoms with van der Waals surface area (Å²) in [4.78, 5) is 8.00. The molecule has 84 valence electrons. The van der Waals surface area contributed by atoms with Gasteiger partial charge in [0.25, 0.3) is 0 Å². The molecule has 3 N–H and O–H groups in total. The first-order valence-electron chi connectivity index (χ1n) is 4.73. The van der Waals surface area contributed by atoms with Crippen molar-refractivity contribution >= 4 is 22.6 Å². The average Bonchev–Trinajstić information content (AvgIpc) is 2.10. The van der Waals surface area contributed by atoms with Crippen LogP contribution in [-0.2, 0) is 10.8 Å². The highest BCUT2D eigenvalue weighted by atomic mass is 32.2. The Kier molecular flexibility index (Phi) is 4.48. The number of nitrogen functional groups attached to an aromatic ring is 1. The number of rotatable bonds is 5. The van der Waals surface area contributed by atoms with Crippen molar-refractivity contribution in [2.75, 3.05) is 29.6 Å². The lowest BCUT2D eigenvalue weighted by atomic mass is 10.4. The van der Waals surface area contributed by atoms with Crippen LogP contribution in [0.15, 0.2) is 6.07 Å². The first-order chi connectivity index (χ1) is 7.08. The molecule has 1 unspecified atom stereocenters. The van der Waals surface area contributed by atoms with Crippen LogP contribution in [0, 0.1) is 6.92 Å². The third-order valence-corrected chi connectivity index (χ3v) is 2.65. The minimum atomic E-state index is -0.730. The SMILES string of the molecule is Cc1cc(NCCCS(C)=O)nc(N)n1. The quantitative estimate of drug-likeness (QED) is 0.719. The zero-order valence-corrected chi connectivity index (χ0v) is 9.80. The van der Waals surface area contributed by atoms with E-state index in [0.717, 1.165) is 24.5 Å². The highest BCUT2D eigenvalue weighted by Gasteiger charge is 1.98. The molecule has 0 aliphatic rings. The summed E-state index contributed by atoms with van der Waals surface area (Å²) in [5.74, 6) is 1.70. The molecule has 0 amide bonds. The standard InChI is InChI=1S/C9H16N4OS/c1-7-6-8(13-9(10)12-7)11-4-3-5-15(2)14/h6H,3-5H2,1-2H3,(H3,10,11,12,13). The monoisotopic (exact) mass is 228 g/mol. The van der Waals surface area contributed by atoms with Crippen LogP contribution >= 0.6 is 0 Å². The summed E-state index contributed by atoms with van der Waals surface area (Å²) in [5.41, 5.74) is 6.34. The van der Waals surface area contributed by atoms with E-state index in [0.29, 0.717) is 5.75 Å². The second-order valence-corrected chi connectivity index (χ2v) is 4.87. The summed E-state index contributed by atoms with van der Waals surface area (Å²) in [6, 6.07) is 1.83. The number of nitrogens with one attached hydrogen (secondary N) is 1. The average molecular weight is 228 g/mol. The molecule has 0 aromatic carbocycles. The number of hydrogen-bond donors (Lipinski definition) is 2. The highest BCUT2D eigenvalue weighted by Crippen LogP contribution is 2.06. The summed E-state index contributed by atoms with van der Waals surface area (Å²) in [5, 5.41) is 3.12. The van der Waals surface area contributed by atoms with Gasteiger partial charge in [-0.15, -0.1) is 0 Å². The minimum absolute atomic E-state index is 0.275. The lowest BCUT2D eigenvalue weighted by Gasteiger charge is -2.05. The first-order valence-corrected chi connectivity index (χ1v) is 6.45. The lowest BCUT2D eigenvalue weighted by Crippen LogP contribution is -2.09. The number of nitrogens with two attached hydrogens (primary N) is 1. The Bertz CT molecular complexity index is 336. The Balaban J connectivity index is 2.40. The maximum atomic E-state index is 10.8. The molecule has 1 aromatic rings. The van der Waals surface area contributed by atoms with Crippen LogP contribution in [0.2, 0.25) is 0 Å². The van der Waals surface area contributed by atoms with Gasteiger partial charge in [0.1, 0.15) is 5.82 Å². The van der Waals surface area contributed by atoms with Crippen molar-refractivity contribution < 1.29 is 4.21 Å². The lowest BCUT2D eigenvalue weighted by molar-refractivity contribution is 0.685. The van der Waals surface area contributed by atoms with E-state index in [4.69, 9.17) is 5.73 Å². The summed E-state index contributed by atoms with van der Waals surface area (Å²) >= 11 is 0. The Morgan fingerprint density at radius 2 is 2.27 bits per heavy atom. The van der Waals surface area contributed by atoms with E-state index in [1.54, 1.807) is 6.26 Å². The van der Waals surface area contributed by atoms with Gasteiger partial charge < -0.3 is 11.1 Å². The zero-order valence-electron chi connectivity index (χ0n) is 8.99. The fraction of sp³-hybridized carbons (Fsp3) is 0.556. The maximum absolute atomic E-state index is 10.8. The fourth-order valence-electron chi connectivity index (χ4n) is 1.17. The van der Waals surface area contributed by atoms with Gasteiger partial charge in [0.05, 0.1) is 0 Å². The Morgan fingerprint density at radius 1 is 1.53 bits per heavy atom. The predicted molar refractivity (Wildman–Crippen MR) is 63.2 cm³/mol. The third-order valence-electron chi connectivity index (χ3n) is 1.79. The number of aryl methyl sites for hydroxylation is 1. The van der Waals surface area contributed by atoms with Gasteiger partial charge >= 0.3 is 0 Å². The summed E-state index contributed by atoms with van der Waals surface area (Å²) < 4.78 is 10.8. The zero-order chi connectivity index (χ0) is 11.3. The molecule has 1 aromatic heterocycles.